The number of rotatable bonds is 1. The molecule has 0 spiro atoms. The van der Waals surface area contributed by atoms with Crippen molar-refractivity contribution in [2.24, 2.45) is 11.8 Å². The maximum atomic E-state index is 10.9. The van der Waals surface area contributed by atoms with Crippen molar-refractivity contribution in [3.63, 3.8) is 0 Å². The lowest BCUT2D eigenvalue weighted by atomic mass is 9.93. The molecule has 3 unspecified atom stereocenters. The van der Waals surface area contributed by atoms with E-state index in [9.17, 15) is 4.79 Å². The van der Waals surface area contributed by atoms with Gasteiger partial charge in [0.1, 0.15) is 0 Å². The second kappa shape index (κ2) is 1.97. The highest BCUT2D eigenvalue weighted by Crippen LogP contribution is 2.47. The molecule has 1 heterocycles. The highest BCUT2D eigenvalue weighted by Gasteiger charge is 2.50. The van der Waals surface area contributed by atoms with Crippen LogP contribution in [0.1, 0.15) is 26.7 Å². The Kier molecular flexibility index (Phi) is 1.27. The topological polar surface area (TPSA) is 41.1 Å². The van der Waals surface area contributed by atoms with Crippen LogP contribution in [-0.2, 0) is 4.79 Å². The molecule has 0 aromatic heterocycles. The third-order valence-corrected chi connectivity index (χ3v) is 2.94. The Morgan fingerprint density at radius 3 is 2.64 bits per heavy atom. The van der Waals surface area contributed by atoms with E-state index in [1.54, 1.807) is 0 Å². The fourth-order valence-corrected chi connectivity index (χ4v) is 2.07. The van der Waals surface area contributed by atoms with Crippen molar-refractivity contribution < 1.29 is 4.79 Å². The fraction of sp³-hybridized carbons (Fsp3) is 0.875. The molecule has 3 atom stereocenters. The van der Waals surface area contributed by atoms with Crippen LogP contribution in [0.2, 0.25) is 0 Å². The van der Waals surface area contributed by atoms with Crippen LogP contribution in [-0.4, -0.2) is 11.4 Å². The van der Waals surface area contributed by atoms with E-state index >= 15 is 0 Å². The van der Waals surface area contributed by atoms with Crippen molar-refractivity contribution in [2.45, 2.75) is 32.2 Å². The van der Waals surface area contributed by atoms with E-state index in [2.05, 4.69) is 24.7 Å². The number of hydrogen-bond donors (Lipinski definition) is 2. The molecular formula is C8H14N2O. The van der Waals surface area contributed by atoms with Crippen molar-refractivity contribution in [3.8, 4) is 0 Å². The predicted molar refractivity (Wildman–Crippen MR) is 41.6 cm³/mol. The summed E-state index contributed by atoms with van der Waals surface area (Å²) in [5.41, 5.74) is 5.78. The van der Waals surface area contributed by atoms with Crippen molar-refractivity contribution in [1.29, 1.82) is 0 Å². The summed E-state index contributed by atoms with van der Waals surface area (Å²) >= 11 is 0. The number of carbonyl (C=O) groups excluding carboxylic acids is 1. The first kappa shape index (κ1) is 7.10. The molecule has 62 valence electrons. The van der Waals surface area contributed by atoms with E-state index < -0.39 is 0 Å². The molecule has 1 amide bonds. The SMILES string of the molecule is CC1CC1C1(C)CC(=O)NN1. The summed E-state index contributed by atoms with van der Waals surface area (Å²) < 4.78 is 0. The molecule has 2 rings (SSSR count). The molecule has 0 bridgehead atoms. The van der Waals surface area contributed by atoms with Crippen LogP contribution in [0, 0.1) is 11.8 Å². The summed E-state index contributed by atoms with van der Waals surface area (Å²) in [5, 5.41) is 0. The third-order valence-electron chi connectivity index (χ3n) is 2.94. The summed E-state index contributed by atoms with van der Waals surface area (Å²) in [6.45, 7) is 4.36. The average molecular weight is 154 g/mol. The molecule has 0 aromatic rings. The molecular weight excluding hydrogens is 140 g/mol. The minimum atomic E-state index is 0.0382. The van der Waals surface area contributed by atoms with E-state index in [1.807, 2.05) is 0 Å². The Balaban J connectivity index is 2.06. The summed E-state index contributed by atoms with van der Waals surface area (Å²) in [4.78, 5) is 10.9. The number of nitrogens with one attached hydrogen (secondary N) is 2. The Hall–Kier alpha value is -0.570. The van der Waals surface area contributed by atoms with Crippen LogP contribution >= 0.6 is 0 Å². The Morgan fingerprint density at radius 1 is 1.64 bits per heavy atom. The molecule has 1 saturated heterocycles. The van der Waals surface area contributed by atoms with Crippen LogP contribution in [0.3, 0.4) is 0 Å². The first-order valence-electron chi connectivity index (χ1n) is 4.18. The standard InChI is InChI=1S/C8H14N2O/c1-5-3-6(5)8(2)4-7(11)9-10-8/h5-6,10H,3-4H2,1-2H3,(H,9,11). The van der Waals surface area contributed by atoms with Gasteiger partial charge >= 0.3 is 0 Å². The van der Waals surface area contributed by atoms with Gasteiger partial charge in [-0.25, -0.2) is 5.43 Å². The zero-order chi connectivity index (χ0) is 8.06. The first-order valence-corrected chi connectivity index (χ1v) is 4.18. The largest absolute Gasteiger partial charge is 0.291 e. The molecule has 1 aliphatic carbocycles. The quantitative estimate of drug-likeness (QED) is 0.575. The Labute approximate surface area is 66.5 Å². The van der Waals surface area contributed by atoms with Gasteiger partial charge < -0.3 is 0 Å². The monoisotopic (exact) mass is 154 g/mol. The average Bonchev–Trinajstić information content (AvgIpc) is 2.55. The lowest BCUT2D eigenvalue weighted by Crippen LogP contribution is -2.43. The van der Waals surface area contributed by atoms with E-state index in [0.717, 1.165) is 5.92 Å². The van der Waals surface area contributed by atoms with Gasteiger partial charge in [0.05, 0.1) is 0 Å². The normalized spacial score (nSPS) is 49.1. The highest BCUT2D eigenvalue weighted by molar-refractivity contribution is 5.79. The van der Waals surface area contributed by atoms with E-state index in [0.29, 0.717) is 12.3 Å². The van der Waals surface area contributed by atoms with Crippen LogP contribution < -0.4 is 10.9 Å². The summed E-state index contributed by atoms with van der Waals surface area (Å²) in [5.74, 6) is 1.62. The molecule has 1 aliphatic heterocycles. The van der Waals surface area contributed by atoms with Gasteiger partial charge in [-0.05, 0) is 25.2 Å². The van der Waals surface area contributed by atoms with E-state index in [-0.39, 0.29) is 11.4 Å². The maximum absolute atomic E-state index is 10.9. The van der Waals surface area contributed by atoms with Crippen LogP contribution in [0.15, 0.2) is 0 Å². The van der Waals surface area contributed by atoms with Gasteiger partial charge in [0.25, 0.3) is 0 Å². The van der Waals surface area contributed by atoms with E-state index in [4.69, 9.17) is 0 Å². The molecule has 3 nitrogen and oxygen atoms in total. The molecule has 1 saturated carbocycles. The molecule has 2 aliphatic rings. The second-order valence-corrected chi connectivity index (χ2v) is 4.09. The molecule has 2 N–H and O–H groups in total. The van der Waals surface area contributed by atoms with Gasteiger partial charge in [0, 0.05) is 12.0 Å². The van der Waals surface area contributed by atoms with Gasteiger partial charge in [-0.15, -0.1) is 0 Å². The lowest BCUT2D eigenvalue weighted by molar-refractivity contribution is -0.119. The zero-order valence-electron chi connectivity index (χ0n) is 6.98. The second-order valence-electron chi connectivity index (χ2n) is 4.09. The number of hydrazine groups is 1. The minimum absolute atomic E-state index is 0.0382. The van der Waals surface area contributed by atoms with Crippen LogP contribution in [0.25, 0.3) is 0 Å². The smallest absolute Gasteiger partial charge is 0.236 e. The summed E-state index contributed by atoms with van der Waals surface area (Å²) in [7, 11) is 0. The van der Waals surface area contributed by atoms with Crippen molar-refractivity contribution in [2.75, 3.05) is 0 Å². The van der Waals surface area contributed by atoms with Gasteiger partial charge in [-0.2, -0.15) is 0 Å². The molecule has 3 heteroatoms. The van der Waals surface area contributed by atoms with Crippen molar-refractivity contribution >= 4 is 5.91 Å². The summed E-state index contributed by atoms with van der Waals surface area (Å²) in [6.07, 6.45) is 1.90. The summed E-state index contributed by atoms with van der Waals surface area (Å²) in [6, 6.07) is 0. The predicted octanol–water partition coefficient (Wildman–Crippen LogP) is 0.426. The van der Waals surface area contributed by atoms with E-state index in [1.165, 1.54) is 6.42 Å². The van der Waals surface area contributed by atoms with Gasteiger partial charge in [0.15, 0.2) is 0 Å². The number of carbonyl (C=O) groups is 1. The van der Waals surface area contributed by atoms with Gasteiger partial charge in [0.2, 0.25) is 5.91 Å². The molecule has 0 aromatic carbocycles. The molecule has 2 fully saturated rings. The Bertz CT molecular complexity index is 204. The third kappa shape index (κ3) is 1.03. The van der Waals surface area contributed by atoms with Crippen LogP contribution in [0.4, 0.5) is 0 Å². The fourth-order valence-electron chi connectivity index (χ4n) is 2.07. The maximum Gasteiger partial charge on any atom is 0.236 e. The van der Waals surface area contributed by atoms with Gasteiger partial charge in [-0.3, -0.25) is 10.2 Å². The Morgan fingerprint density at radius 2 is 2.27 bits per heavy atom. The zero-order valence-corrected chi connectivity index (χ0v) is 6.98. The first-order chi connectivity index (χ1) is 5.12. The highest BCUT2D eigenvalue weighted by atomic mass is 16.2. The molecule has 0 radical (unpaired) electrons. The minimum Gasteiger partial charge on any atom is -0.291 e. The van der Waals surface area contributed by atoms with Gasteiger partial charge in [-0.1, -0.05) is 6.92 Å². The van der Waals surface area contributed by atoms with Crippen molar-refractivity contribution in [3.05, 3.63) is 0 Å². The van der Waals surface area contributed by atoms with Crippen LogP contribution in [0.5, 0.6) is 0 Å². The number of hydrogen-bond acceptors (Lipinski definition) is 2. The van der Waals surface area contributed by atoms with Crippen molar-refractivity contribution in [1.82, 2.24) is 10.9 Å². The number of amides is 1. The molecule has 11 heavy (non-hydrogen) atoms. The lowest BCUT2D eigenvalue weighted by Gasteiger charge is -2.21.